The summed E-state index contributed by atoms with van der Waals surface area (Å²) >= 11 is 0. The summed E-state index contributed by atoms with van der Waals surface area (Å²) in [5, 5.41) is 13.5. The van der Waals surface area contributed by atoms with Crippen LogP contribution in [-0.4, -0.2) is 76.0 Å². The Balaban J connectivity index is 2.27. The van der Waals surface area contributed by atoms with E-state index in [0.29, 0.717) is 19.3 Å². The molecule has 260 valence electrons. The molecule has 0 bridgehead atoms. The van der Waals surface area contributed by atoms with E-state index >= 15 is 0 Å². The second-order valence-electron chi connectivity index (χ2n) is 12.8. The lowest BCUT2D eigenvalue weighted by Crippen LogP contribution is -2.60. The first kappa shape index (κ1) is 39.0. The molecular formula is C34H53N7O6. The van der Waals surface area contributed by atoms with Crippen LogP contribution < -0.4 is 26.6 Å². The van der Waals surface area contributed by atoms with Crippen LogP contribution in [0.2, 0.25) is 0 Å². The maximum Gasteiger partial charge on any atom is 0.289 e. The van der Waals surface area contributed by atoms with Gasteiger partial charge in [-0.15, -0.1) is 6.58 Å². The van der Waals surface area contributed by atoms with Crippen LogP contribution in [0.1, 0.15) is 103 Å². The van der Waals surface area contributed by atoms with E-state index in [1.807, 2.05) is 27.7 Å². The zero-order valence-corrected chi connectivity index (χ0v) is 28.5. The molecule has 5 N–H and O–H groups in total. The number of Topliss-reactive ketones (excluding diaryl/α,β-unsaturated/α-hetero) is 1. The molecule has 1 aromatic rings. The van der Waals surface area contributed by atoms with E-state index in [1.165, 1.54) is 24.7 Å². The summed E-state index contributed by atoms with van der Waals surface area (Å²) in [7, 11) is 0. The number of rotatable bonds is 19. The van der Waals surface area contributed by atoms with Gasteiger partial charge in [-0.2, -0.15) is 0 Å². The molecule has 47 heavy (non-hydrogen) atoms. The normalized spacial score (nSPS) is 16.5. The Hall–Kier alpha value is -4.16. The first-order chi connectivity index (χ1) is 22.4. The van der Waals surface area contributed by atoms with E-state index in [4.69, 9.17) is 0 Å². The highest BCUT2D eigenvalue weighted by Gasteiger charge is 2.35. The third-order valence-corrected chi connectivity index (χ3v) is 8.52. The highest BCUT2D eigenvalue weighted by Crippen LogP contribution is 2.27. The first-order valence-corrected chi connectivity index (χ1v) is 16.8. The average Bonchev–Trinajstić information content (AvgIpc) is 3.07. The Bertz CT molecular complexity index is 1220. The largest absolute Gasteiger partial charge is 0.346 e. The third kappa shape index (κ3) is 12.9. The smallest absolute Gasteiger partial charge is 0.289 e. The molecule has 0 aliphatic heterocycles. The number of nitrogens with one attached hydrogen (secondary N) is 5. The van der Waals surface area contributed by atoms with Gasteiger partial charge in [0.2, 0.25) is 23.5 Å². The lowest BCUT2D eigenvalue weighted by Gasteiger charge is -2.31. The van der Waals surface area contributed by atoms with Crippen LogP contribution >= 0.6 is 0 Å². The number of carbonyl (C=O) groups excluding carboxylic acids is 6. The maximum absolute atomic E-state index is 13.9. The van der Waals surface area contributed by atoms with E-state index in [9.17, 15) is 28.8 Å². The minimum Gasteiger partial charge on any atom is -0.346 e. The standard InChI is InChI=1S/C34H53N7O6/c1-7-15-37-34(47)29(42)24(9-3)38-30(43)26(19-23-13-11-10-12-14-23)40-33(46)28(22(6)8-2)41-31(44)25(18-21(4)5)39-32(45)27-20-35-16-17-36-27/h7,16-17,20-26,28H,1,8-15,18-19H2,2-6H3,(H,37,47)(H,38,43)(H,39,45)(H,40,46)(H,41,44)/t22-,24-,25-,26-,28-/m0/s1. The molecule has 1 fully saturated rings. The van der Waals surface area contributed by atoms with Crippen molar-refractivity contribution in [1.29, 1.82) is 0 Å². The SMILES string of the molecule is C=CCNC(=O)C(=O)[C@H](CC)NC(=O)[C@H](CC1CCCCC1)NC(=O)[C@@H](NC(=O)[C@H](CC(C)C)NC(=O)c1cnccn1)[C@@H](C)CC. The molecule has 5 amide bonds. The molecule has 0 radical (unpaired) electrons. The number of amides is 5. The maximum atomic E-state index is 13.9. The lowest BCUT2D eigenvalue weighted by atomic mass is 9.84. The molecule has 0 saturated heterocycles. The number of hydrogen-bond donors (Lipinski definition) is 5. The van der Waals surface area contributed by atoms with E-state index in [0.717, 1.165) is 32.1 Å². The number of nitrogens with zero attached hydrogens (tertiary/aromatic N) is 2. The fraction of sp³-hybridized carbons (Fsp3) is 0.647. The number of hydrogen-bond acceptors (Lipinski definition) is 8. The summed E-state index contributed by atoms with van der Waals surface area (Å²) in [4.78, 5) is 87.0. The van der Waals surface area contributed by atoms with Gasteiger partial charge in [-0.1, -0.05) is 79.2 Å². The van der Waals surface area contributed by atoms with Gasteiger partial charge in [0.1, 0.15) is 23.8 Å². The fourth-order valence-corrected chi connectivity index (χ4v) is 5.59. The molecule has 0 unspecified atom stereocenters. The molecule has 1 aliphatic rings. The molecule has 0 spiro atoms. The van der Waals surface area contributed by atoms with Gasteiger partial charge in [0.05, 0.1) is 12.2 Å². The van der Waals surface area contributed by atoms with Crippen molar-refractivity contribution in [2.24, 2.45) is 17.8 Å². The zero-order valence-electron chi connectivity index (χ0n) is 28.5. The highest BCUT2D eigenvalue weighted by molar-refractivity contribution is 6.38. The van der Waals surface area contributed by atoms with Crippen LogP contribution in [0.25, 0.3) is 0 Å². The highest BCUT2D eigenvalue weighted by atomic mass is 16.2. The molecule has 1 aromatic heterocycles. The molecule has 5 atom stereocenters. The fourth-order valence-electron chi connectivity index (χ4n) is 5.59. The van der Waals surface area contributed by atoms with Crippen LogP contribution in [0.4, 0.5) is 0 Å². The minimum absolute atomic E-state index is 0.0421. The monoisotopic (exact) mass is 655 g/mol. The second kappa shape index (κ2) is 20.2. The molecule has 13 nitrogen and oxygen atoms in total. The molecule has 1 aliphatic carbocycles. The second-order valence-corrected chi connectivity index (χ2v) is 12.8. The van der Waals surface area contributed by atoms with E-state index in [-0.39, 0.29) is 36.4 Å². The number of aromatic nitrogens is 2. The third-order valence-electron chi connectivity index (χ3n) is 8.52. The Morgan fingerprint density at radius 2 is 1.51 bits per heavy atom. The first-order valence-electron chi connectivity index (χ1n) is 16.8. The molecule has 1 saturated carbocycles. The quantitative estimate of drug-likeness (QED) is 0.111. The van der Waals surface area contributed by atoms with Crippen molar-refractivity contribution in [2.45, 2.75) is 117 Å². The topological polar surface area (TPSA) is 188 Å². The molecule has 2 rings (SSSR count). The molecular weight excluding hydrogens is 602 g/mol. The Morgan fingerprint density at radius 3 is 2.09 bits per heavy atom. The minimum atomic E-state index is -1.07. The summed E-state index contributed by atoms with van der Waals surface area (Å²) < 4.78 is 0. The van der Waals surface area contributed by atoms with Gasteiger partial charge in [-0.3, -0.25) is 33.8 Å². The number of carbonyl (C=O) groups is 6. The summed E-state index contributed by atoms with van der Waals surface area (Å²) in [5.74, 6) is -3.90. The predicted octanol–water partition coefficient (Wildman–Crippen LogP) is 2.37. The zero-order chi connectivity index (χ0) is 34.9. The van der Waals surface area contributed by atoms with Gasteiger partial charge in [0, 0.05) is 18.9 Å². The van der Waals surface area contributed by atoms with Crippen LogP contribution in [-0.2, 0) is 24.0 Å². The van der Waals surface area contributed by atoms with E-state index < -0.39 is 59.5 Å². The van der Waals surface area contributed by atoms with Crippen molar-refractivity contribution in [1.82, 2.24) is 36.6 Å². The average molecular weight is 656 g/mol. The number of ketones is 1. The van der Waals surface area contributed by atoms with Gasteiger partial charge in [0.25, 0.3) is 11.8 Å². The van der Waals surface area contributed by atoms with Crippen LogP contribution in [0, 0.1) is 17.8 Å². The van der Waals surface area contributed by atoms with Crippen LogP contribution in [0.15, 0.2) is 31.2 Å². The van der Waals surface area contributed by atoms with Crippen molar-refractivity contribution >= 4 is 35.3 Å². The van der Waals surface area contributed by atoms with Crippen molar-refractivity contribution in [3.05, 3.63) is 36.9 Å². The predicted molar refractivity (Wildman–Crippen MR) is 178 cm³/mol. The van der Waals surface area contributed by atoms with Gasteiger partial charge < -0.3 is 26.6 Å². The molecule has 1 heterocycles. The van der Waals surface area contributed by atoms with Crippen molar-refractivity contribution in [3.8, 4) is 0 Å². The van der Waals surface area contributed by atoms with Crippen LogP contribution in [0.3, 0.4) is 0 Å². The van der Waals surface area contributed by atoms with Gasteiger partial charge in [-0.05, 0) is 37.0 Å². The van der Waals surface area contributed by atoms with Gasteiger partial charge in [-0.25, -0.2) is 4.98 Å². The summed E-state index contributed by atoms with van der Waals surface area (Å²) in [6.45, 7) is 12.9. The van der Waals surface area contributed by atoms with Gasteiger partial charge in [0.15, 0.2) is 0 Å². The van der Waals surface area contributed by atoms with Crippen molar-refractivity contribution in [3.63, 3.8) is 0 Å². The molecule has 13 heteroatoms. The van der Waals surface area contributed by atoms with Crippen molar-refractivity contribution < 1.29 is 28.8 Å². The van der Waals surface area contributed by atoms with Gasteiger partial charge >= 0.3 is 0 Å². The Kier molecular flexibility index (Phi) is 16.7. The van der Waals surface area contributed by atoms with Crippen molar-refractivity contribution in [2.75, 3.05) is 6.54 Å². The summed E-state index contributed by atoms with van der Waals surface area (Å²) in [6, 6.07) is -4.02. The summed E-state index contributed by atoms with van der Waals surface area (Å²) in [5.41, 5.74) is 0.0592. The molecule has 0 aromatic carbocycles. The van der Waals surface area contributed by atoms with Crippen LogP contribution in [0.5, 0.6) is 0 Å². The lowest BCUT2D eigenvalue weighted by molar-refractivity contribution is -0.140. The van der Waals surface area contributed by atoms with E-state index in [2.05, 4.69) is 43.1 Å². The Morgan fingerprint density at radius 1 is 0.851 bits per heavy atom. The van der Waals surface area contributed by atoms with E-state index in [1.54, 1.807) is 6.92 Å². The summed E-state index contributed by atoms with van der Waals surface area (Å²) in [6.07, 6.45) is 11.9. The Labute approximate surface area is 278 Å².